The number of carbonyl (C=O) groups is 2. The number of ketones is 1. The normalized spacial score (nSPS) is 17.2. The number of amides is 1. The second kappa shape index (κ2) is 8.22. The summed E-state index contributed by atoms with van der Waals surface area (Å²) in [4.78, 5) is 28.4. The number of piperazine rings is 1. The fourth-order valence-electron chi connectivity index (χ4n) is 3.42. The first-order valence-electron chi connectivity index (χ1n) is 8.68. The lowest BCUT2D eigenvalue weighted by Crippen LogP contribution is -2.57. The highest BCUT2D eigenvalue weighted by molar-refractivity contribution is 6.02. The molecule has 0 aliphatic carbocycles. The summed E-state index contributed by atoms with van der Waals surface area (Å²) < 4.78 is 40.2. The largest absolute Gasteiger partial charge is 0.405 e. The molecule has 0 bridgehead atoms. The second-order valence-electron chi connectivity index (χ2n) is 6.44. The van der Waals surface area contributed by atoms with Crippen LogP contribution in [0.25, 0.3) is 0 Å². The van der Waals surface area contributed by atoms with Crippen LogP contribution in [0.2, 0.25) is 0 Å². The number of nitrogens with one attached hydrogen (secondary N) is 3. The number of aromatic nitrogens is 1. The minimum atomic E-state index is -4.44. The molecule has 146 valence electrons. The van der Waals surface area contributed by atoms with Crippen LogP contribution >= 0.6 is 0 Å². The maximum atomic E-state index is 13.4. The Labute approximate surface area is 150 Å². The molecule has 0 spiro atoms. The predicted molar refractivity (Wildman–Crippen MR) is 91.5 cm³/mol. The van der Waals surface area contributed by atoms with Gasteiger partial charge in [-0.2, -0.15) is 13.2 Å². The van der Waals surface area contributed by atoms with Gasteiger partial charge in [0.1, 0.15) is 11.7 Å². The molecule has 3 N–H and O–H groups in total. The maximum absolute atomic E-state index is 13.4. The smallest absolute Gasteiger partial charge is 0.354 e. The molecule has 1 aliphatic rings. The number of aromatic amines is 1. The lowest BCUT2D eigenvalue weighted by atomic mass is 10.0. The van der Waals surface area contributed by atoms with Gasteiger partial charge < -0.3 is 15.6 Å². The van der Waals surface area contributed by atoms with Crippen molar-refractivity contribution in [1.29, 1.82) is 0 Å². The molecule has 1 amide bonds. The molecule has 6 nitrogen and oxygen atoms in total. The summed E-state index contributed by atoms with van der Waals surface area (Å²) in [6.45, 7) is 5.86. The van der Waals surface area contributed by atoms with E-state index in [2.05, 4.69) is 15.6 Å². The summed E-state index contributed by atoms with van der Waals surface area (Å²) in [6.07, 6.45) is -4.00. The van der Waals surface area contributed by atoms with Gasteiger partial charge in [0, 0.05) is 44.0 Å². The number of nitrogens with zero attached hydrogens (tertiary/aromatic N) is 1. The molecule has 2 heterocycles. The lowest BCUT2D eigenvalue weighted by Gasteiger charge is -2.35. The van der Waals surface area contributed by atoms with E-state index >= 15 is 0 Å². The Hall–Kier alpha value is -1.87. The zero-order valence-corrected chi connectivity index (χ0v) is 15.2. The average Bonchev–Trinajstić information content (AvgIpc) is 2.91. The number of hydrogen-bond acceptors (Lipinski definition) is 4. The Morgan fingerprint density at radius 1 is 1.27 bits per heavy atom. The predicted octanol–water partition coefficient (Wildman–Crippen LogP) is 1.65. The van der Waals surface area contributed by atoms with Gasteiger partial charge in [-0.05, 0) is 25.8 Å². The van der Waals surface area contributed by atoms with Crippen molar-refractivity contribution in [2.24, 2.45) is 0 Å². The van der Waals surface area contributed by atoms with Crippen molar-refractivity contribution in [3.05, 3.63) is 22.5 Å². The van der Waals surface area contributed by atoms with Crippen LogP contribution in [0.5, 0.6) is 0 Å². The molecule has 1 aliphatic heterocycles. The zero-order chi connectivity index (χ0) is 19.5. The van der Waals surface area contributed by atoms with Gasteiger partial charge in [0.05, 0.1) is 0 Å². The van der Waals surface area contributed by atoms with E-state index in [1.165, 1.54) is 11.8 Å². The van der Waals surface area contributed by atoms with Crippen molar-refractivity contribution in [3.8, 4) is 0 Å². The molecule has 1 fully saturated rings. The third-order valence-electron chi connectivity index (χ3n) is 4.65. The first-order chi connectivity index (χ1) is 12.2. The SMILES string of the molecule is CCc1c(C(=O)NCC(N2CCNCC2)C(F)(F)F)[nH]c(C)c1C(C)=O. The minimum absolute atomic E-state index is 0.163. The van der Waals surface area contributed by atoms with Crippen LogP contribution in [0.15, 0.2) is 0 Å². The van der Waals surface area contributed by atoms with Gasteiger partial charge in [-0.1, -0.05) is 6.92 Å². The van der Waals surface area contributed by atoms with Gasteiger partial charge in [0.2, 0.25) is 0 Å². The Balaban J connectivity index is 2.15. The van der Waals surface area contributed by atoms with E-state index < -0.39 is 24.7 Å². The van der Waals surface area contributed by atoms with Crippen molar-refractivity contribution in [3.63, 3.8) is 0 Å². The number of Topliss-reactive ketones (excluding diaryl/α,β-unsaturated/α-hetero) is 1. The summed E-state index contributed by atoms with van der Waals surface area (Å²) in [7, 11) is 0. The van der Waals surface area contributed by atoms with Gasteiger partial charge in [-0.25, -0.2) is 0 Å². The molecule has 0 aromatic carbocycles. The van der Waals surface area contributed by atoms with Crippen LogP contribution in [-0.2, 0) is 6.42 Å². The van der Waals surface area contributed by atoms with E-state index in [0.29, 0.717) is 36.3 Å². The standard InChI is InChI=1S/C17H25F3N4O2/c1-4-12-14(11(3)25)10(2)23-15(12)16(26)22-9-13(17(18,19)20)24-7-5-21-6-8-24/h13,21,23H,4-9H2,1-3H3,(H,22,26). The van der Waals surface area contributed by atoms with Crippen LogP contribution in [0.3, 0.4) is 0 Å². The van der Waals surface area contributed by atoms with Crippen molar-refractivity contribution < 1.29 is 22.8 Å². The Morgan fingerprint density at radius 3 is 2.38 bits per heavy atom. The van der Waals surface area contributed by atoms with E-state index in [1.54, 1.807) is 13.8 Å². The van der Waals surface area contributed by atoms with Gasteiger partial charge in [-0.15, -0.1) is 0 Å². The van der Waals surface area contributed by atoms with Crippen molar-refractivity contribution >= 4 is 11.7 Å². The molecule has 1 unspecified atom stereocenters. The lowest BCUT2D eigenvalue weighted by molar-refractivity contribution is -0.183. The Bertz CT molecular complexity index is 664. The number of aryl methyl sites for hydroxylation is 1. The highest BCUT2D eigenvalue weighted by Gasteiger charge is 2.44. The summed E-state index contributed by atoms with van der Waals surface area (Å²) >= 11 is 0. The second-order valence-corrected chi connectivity index (χ2v) is 6.44. The van der Waals surface area contributed by atoms with Crippen molar-refractivity contribution in [2.45, 2.75) is 39.4 Å². The van der Waals surface area contributed by atoms with Gasteiger partial charge in [0.15, 0.2) is 5.78 Å². The monoisotopic (exact) mass is 374 g/mol. The first-order valence-corrected chi connectivity index (χ1v) is 8.68. The summed E-state index contributed by atoms with van der Waals surface area (Å²) in [5, 5.41) is 5.41. The highest BCUT2D eigenvalue weighted by atomic mass is 19.4. The summed E-state index contributed by atoms with van der Waals surface area (Å²) in [5.41, 5.74) is 1.69. The minimum Gasteiger partial charge on any atom is -0.354 e. The van der Waals surface area contributed by atoms with Gasteiger partial charge >= 0.3 is 6.18 Å². The van der Waals surface area contributed by atoms with Crippen molar-refractivity contribution in [2.75, 3.05) is 32.7 Å². The molecule has 2 rings (SSSR count). The molecule has 1 aromatic rings. The fourth-order valence-corrected chi connectivity index (χ4v) is 3.42. The van der Waals surface area contributed by atoms with Crippen LogP contribution in [0.4, 0.5) is 13.2 Å². The highest BCUT2D eigenvalue weighted by Crippen LogP contribution is 2.25. The third kappa shape index (κ3) is 4.45. The van der Waals surface area contributed by atoms with Crippen molar-refractivity contribution in [1.82, 2.24) is 20.5 Å². The molecule has 1 atom stereocenters. The van der Waals surface area contributed by atoms with Gasteiger partial charge in [0.25, 0.3) is 5.91 Å². The zero-order valence-electron chi connectivity index (χ0n) is 15.2. The molecule has 1 aromatic heterocycles. The van der Waals surface area contributed by atoms with E-state index in [-0.39, 0.29) is 24.6 Å². The number of hydrogen-bond donors (Lipinski definition) is 3. The number of rotatable bonds is 6. The Morgan fingerprint density at radius 2 is 1.88 bits per heavy atom. The van der Waals surface area contributed by atoms with E-state index in [9.17, 15) is 22.8 Å². The number of carbonyl (C=O) groups excluding carboxylic acids is 2. The summed E-state index contributed by atoms with van der Waals surface area (Å²) in [5.74, 6) is -0.800. The van der Waals surface area contributed by atoms with Crippen LogP contribution < -0.4 is 10.6 Å². The van der Waals surface area contributed by atoms with Gasteiger partial charge in [-0.3, -0.25) is 14.5 Å². The average molecular weight is 374 g/mol. The Kier molecular flexibility index (Phi) is 6.46. The molecule has 1 saturated heterocycles. The van der Waals surface area contributed by atoms with Crippen LogP contribution in [-0.4, -0.2) is 66.5 Å². The molecule has 9 heteroatoms. The topological polar surface area (TPSA) is 77.2 Å². The quantitative estimate of drug-likeness (QED) is 0.662. The number of alkyl halides is 3. The number of halogens is 3. The van der Waals surface area contributed by atoms with Crippen LogP contribution in [0.1, 0.15) is 46.0 Å². The molecule has 0 radical (unpaired) electrons. The summed E-state index contributed by atoms with van der Waals surface area (Å²) in [6, 6.07) is -1.73. The first kappa shape index (κ1) is 20.4. The third-order valence-corrected chi connectivity index (χ3v) is 4.65. The van der Waals surface area contributed by atoms with E-state index in [4.69, 9.17) is 0 Å². The van der Waals surface area contributed by atoms with E-state index in [0.717, 1.165) is 0 Å². The fraction of sp³-hybridized carbons (Fsp3) is 0.647. The number of H-pyrrole nitrogens is 1. The molecular weight excluding hydrogens is 349 g/mol. The molecule has 26 heavy (non-hydrogen) atoms. The molecule has 0 saturated carbocycles. The molecular formula is C17H25F3N4O2. The van der Waals surface area contributed by atoms with Crippen LogP contribution in [0, 0.1) is 6.92 Å². The van der Waals surface area contributed by atoms with E-state index in [1.807, 2.05) is 0 Å². The maximum Gasteiger partial charge on any atom is 0.405 e.